The molecule has 50 valence electrons. The lowest BCUT2D eigenvalue weighted by molar-refractivity contribution is 0.562. The first-order valence-electron chi connectivity index (χ1n) is 3.19. The zero-order valence-corrected chi connectivity index (χ0v) is 6.14. The van der Waals surface area contributed by atoms with Crippen LogP contribution in [0, 0.1) is 13.8 Å². The van der Waals surface area contributed by atoms with Crippen molar-refractivity contribution in [3.8, 4) is 0 Å². The van der Waals surface area contributed by atoms with E-state index in [1.54, 1.807) is 6.07 Å². The number of benzene rings is 1. The molecule has 0 saturated carbocycles. The van der Waals surface area contributed by atoms with Gasteiger partial charge in [0, 0.05) is 11.6 Å². The van der Waals surface area contributed by atoms with Gasteiger partial charge < -0.3 is 0 Å². The molecule has 1 rings (SSSR count). The van der Waals surface area contributed by atoms with Crippen LogP contribution in [0.3, 0.4) is 0 Å². The van der Waals surface area contributed by atoms with E-state index in [-0.39, 0.29) is 0 Å². The highest BCUT2D eigenvalue weighted by Crippen LogP contribution is 2.07. The first-order valence-corrected chi connectivity index (χ1v) is 3.19. The van der Waals surface area contributed by atoms with Crippen molar-refractivity contribution in [2.24, 2.45) is 0 Å². The quantitative estimate of drug-likeness (QED) is 0.533. The highest BCUT2D eigenvalue weighted by Gasteiger charge is 2.03. The molecular weight excluding hydrogens is 124 g/mol. The van der Waals surface area contributed by atoms with E-state index in [0.29, 0.717) is 5.56 Å². The summed E-state index contributed by atoms with van der Waals surface area (Å²) in [5.74, 6) is 0. The Labute approximate surface area is 60.7 Å². The molecule has 1 nitrogen and oxygen atoms in total. The fourth-order valence-electron chi connectivity index (χ4n) is 0.805. The molecule has 0 unspecified atom stereocenters. The number of carbonyl (C=O) groups excluding carboxylic acids is 1. The van der Waals surface area contributed by atoms with Crippen molar-refractivity contribution < 1.29 is 4.79 Å². The molecule has 0 aromatic heterocycles. The van der Waals surface area contributed by atoms with Crippen LogP contribution in [0.5, 0.6) is 0 Å². The molecule has 1 heteroatoms. The van der Waals surface area contributed by atoms with Gasteiger partial charge >= 0.3 is 6.29 Å². The summed E-state index contributed by atoms with van der Waals surface area (Å²) < 4.78 is 0. The van der Waals surface area contributed by atoms with Crippen molar-refractivity contribution in [2.45, 2.75) is 13.8 Å². The largest absolute Gasteiger partial charge is 0.303 e. The molecule has 0 spiro atoms. The Kier molecular flexibility index (Phi) is 1.79. The Morgan fingerprint density at radius 2 is 1.90 bits per heavy atom. The van der Waals surface area contributed by atoms with Crippen LogP contribution in [0.25, 0.3) is 0 Å². The molecule has 1 aromatic rings. The van der Waals surface area contributed by atoms with Gasteiger partial charge in [-0.1, -0.05) is 0 Å². The molecule has 0 heterocycles. The van der Waals surface area contributed by atoms with Crippen molar-refractivity contribution >= 4 is 6.29 Å². The van der Waals surface area contributed by atoms with Crippen LogP contribution in [-0.4, -0.2) is 6.29 Å². The van der Waals surface area contributed by atoms with Crippen LogP contribution in [0.2, 0.25) is 0 Å². The molecule has 0 radical (unpaired) electrons. The maximum Gasteiger partial charge on any atom is 0.303 e. The van der Waals surface area contributed by atoms with E-state index in [2.05, 4.69) is 0 Å². The monoisotopic (exact) mass is 133 g/mol. The number of hydrogen-bond donors (Lipinski definition) is 0. The molecule has 1 aromatic carbocycles. The Hall–Kier alpha value is -1.20. The maximum absolute atomic E-state index is 10.1. The van der Waals surface area contributed by atoms with Gasteiger partial charge in [-0.2, -0.15) is 0 Å². The average molecular weight is 133 g/mol. The van der Waals surface area contributed by atoms with Crippen molar-refractivity contribution in [3.05, 3.63) is 34.9 Å². The summed E-state index contributed by atoms with van der Waals surface area (Å²) in [5.41, 5.74) is 2.97. The predicted octanol–water partition coefficient (Wildman–Crippen LogP) is 1.76. The Morgan fingerprint density at radius 1 is 1.20 bits per heavy atom. The summed E-state index contributed by atoms with van der Waals surface area (Å²) >= 11 is 0. The van der Waals surface area contributed by atoms with Gasteiger partial charge in [-0.25, -0.2) is 0 Å². The fourth-order valence-corrected chi connectivity index (χ4v) is 0.805. The molecule has 0 amide bonds. The number of rotatable bonds is 1. The SMILES string of the molecule is Cc1ccc([C+]=O)cc1C. The predicted molar refractivity (Wildman–Crippen MR) is 40.7 cm³/mol. The third kappa shape index (κ3) is 1.20. The van der Waals surface area contributed by atoms with Gasteiger partial charge in [-0.3, -0.25) is 0 Å². The van der Waals surface area contributed by atoms with Crippen molar-refractivity contribution in [3.63, 3.8) is 0 Å². The molecule has 0 aliphatic carbocycles. The molecule has 0 aliphatic rings. The van der Waals surface area contributed by atoms with Crippen LogP contribution in [0.4, 0.5) is 0 Å². The summed E-state index contributed by atoms with van der Waals surface area (Å²) in [4.78, 5) is 10.1. The highest BCUT2D eigenvalue weighted by molar-refractivity contribution is 5.75. The van der Waals surface area contributed by atoms with E-state index in [1.807, 2.05) is 32.3 Å². The first kappa shape index (κ1) is 6.91. The minimum Gasteiger partial charge on any atom is -0.141 e. The smallest absolute Gasteiger partial charge is 0.141 e. The Bertz CT molecular complexity index is 251. The van der Waals surface area contributed by atoms with Crippen LogP contribution >= 0.6 is 0 Å². The molecule has 0 bridgehead atoms. The number of aryl methyl sites for hydroxylation is 2. The number of hydrogen-bond acceptors (Lipinski definition) is 1. The second-order valence-electron chi connectivity index (χ2n) is 2.40. The summed E-state index contributed by atoms with van der Waals surface area (Å²) in [7, 11) is 0. The second-order valence-corrected chi connectivity index (χ2v) is 2.40. The molecule has 0 atom stereocenters. The van der Waals surface area contributed by atoms with Crippen LogP contribution in [0.15, 0.2) is 18.2 Å². The first-order chi connectivity index (χ1) is 4.74. The van der Waals surface area contributed by atoms with Gasteiger partial charge in [0.05, 0.1) is 12.1 Å². The lowest BCUT2D eigenvalue weighted by Crippen LogP contribution is -1.84. The van der Waals surface area contributed by atoms with Gasteiger partial charge in [-0.05, 0) is 19.4 Å². The van der Waals surface area contributed by atoms with Crippen LogP contribution in [0.1, 0.15) is 16.7 Å². The van der Waals surface area contributed by atoms with Gasteiger partial charge in [0.2, 0.25) is 5.56 Å². The summed E-state index contributed by atoms with van der Waals surface area (Å²) in [6.45, 7) is 4.00. The lowest BCUT2D eigenvalue weighted by Gasteiger charge is -1.90. The second kappa shape index (κ2) is 2.59. The Balaban J connectivity index is 3.16. The van der Waals surface area contributed by atoms with Crippen molar-refractivity contribution in [1.29, 1.82) is 0 Å². The summed E-state index contributed by atoms with van der Waals surface area (Å²) in [6.07, 6.45) is 1.85. The topological polar surface area (TPSA) is 17.1 Å². The van der Waals surface area contributed by atoms with E-state index in [0.717, 1.165) is 5.56 Å². The zero-order valence-electron chi connectivity index (χ0n) is 6.14. The van der Waals surface area contributed by atoms with Gasteiger partial charge in [0.1, 0.15) is 0 Å². The van der Waals surface area contributed by atoms with Crippen molar-refractivity contribution in [2.75, 3.05) is 0 Å². The molecule has 0 aliphatic heterocycles. The highest BCUT2D eigenvalue weighted by atomic mass is 16.1. The van der Waals surface area contributed by atoms with Crippen LogP contribution in [-0.2, 0) is 4.79 Å². The molecular formula is C9H9O+. The molecule has 0 N–H and O–H groups in total. The maximum atomic E-state index is 10.1. The minimum absolute atomic E-state index is 0.628. The Morgan fingerprint density at radius 3 is 2.40 bits per heavy atom. The van der Waals surface area contributed by atoms with Gasteiger partial charge in [0.25, 0.3) is 0 Å². The van der Waals surface area contributed by atoms with E-state index in [4.69, 9.17) is 0 Å². The van der Waals surface area contributed by atoms with Crippen LogP contribution < -0.4 is 0 Å². The lowest BCUT2D eigenvalue weighted by atomic mass is 10.1. The van der Waals surface area contributed by atoms with Gasteiger partial charge in [-0.15, -0.1) is 4.79 Å². The average Bonchev–Trinajstić information content (AvgIpc) is 1.95. The summed E-state index contributed by atoms with van der Waals surface area (Å²) in [6, 6.07) is 5.53. The third-order valence-corrected chi connectivity index (χ3v) is 1.62. The van der Waals surface area contributed by atoms with Crippen molar-refractivity contribution in [1.82, 2.24) is 0 Å². The van der Waals surface area contributed by atoms with Gasteiger partial charge in [0.15, 0.2) is 0 Å². The fraction of sp³-hybridized carbons (Fsp3) is 0.222. The van der Waals surface area contributed by atoms with E-state index >= 15 is 0 Å². The zero-order chi connectivity index (χ0) is 7.56. The standard InChI is InChI=1S/C9H9O/c1-7-3-4-9(6-10)5-8(7)2/h3-5H,1-2H3/q+1. The van der Waals surface area contributed by atoms with E-state index in [9.17, 15) is 4.79 Å². The molecule has 10 heavy (non-hydrogen) atoms. The molecule has 0 fully saturated rings. The van der Waals surface area contributed by atoms with E-state index < -0.39 is 0 Å². The third-order valence-electron chi connectivity index (χ3n) is 1.62. The van der Waals surface area contributed by atoms with E-state index in [1.165, 1.54) is 5.56 Å². The summed E-state index contributed by atoms with van der Waals surface area (Å²) in [5, 5.41) is 0. The molecule has 0 saturated heterocycles. The normalized spacial score (nSPS) is 9.00. The minimum atomic E-state index is 0.628.